The normalized spacial score (nSPS) is 12.3. The van der Waals surface area contributed by atoms with Crippen LogP contribution in [0.3, 0.4) is 0 Å². The summed E-state index contributed by atoms with van der Waals surface area (Å²) in [6, 6.07) is 9.63. The Hall–Kier alpha value is -3.41. The Morgan fingerprint density at radius 3 is 2.59 bits per heavy atom. The molecule has 0 atom stereocenters. The van der Waals surface area contributed by atoms with Crippen molar-refractivity contribution >= 4 is 22.7 Å². The molecule has 0 N–H and O–H groups in total. The second kappa shape index (κ2) is 9.09. The van der Waals surface area contributed by atoms with Crippen molar-refractivity contribution in [2.45, 2.75) is 30.5 Å². The quantitative estimate of drug-likeness (QED) is 0.139. The van der Waals surface area contributed by atoms with Crippen molar-refractivity contribution in [3.63, 3.8) is 0 Å². The van der Waals surface area contributed by atoms with Crippen LogP contribution in [-0.2, 0) is 6.54 Å². The Bertz CT molecular complexity index is 1310. The summed E-state index contributed by atoms with van der Waals surface area (Å²) in [5.41, 5.74) is 0.531. The first kappa shape index (κ1) is 23.7. The van der Waals surface area contributed by atoms with Crippen LogP contribution in [-0.4, -0.2) is 32.4 Å². The van der Waals surface area contributed by atoms with E-state index in [2.05, 4.69) is 9.97 Å². The summed E-state index contributed by atoms with van der Waals surface area (Å²) < 4.78 is 71.9. The highest BCUT2D eigenvalue weighted by Crippen LogP contribution is 2.38. The van der Waals surface area contributed by atoms with Crippen LogP contribution in [0, 0.1) is 5.21 Å². The summed E-state index contributed by atoms with van der Waals surface area (Å²) in [6.45, 7) is 0.326. The number of fused-ring (bicyclic) bond motifs is 1. The number of halogens is 5. The van der Waals surface area contributed by atoms with E-state index in [-0.39, 0.29) is 22.7 Å². The fourth-order valence-corrected chi connectivity index (χ4v) is 4.11. The first-order chi connectivity index (χ1) is 16.1. The number of ether oxygens (including phenoxy) is 1. The third-order valence-electron chi connectivity index (χ3n) is 4.82. The molecular formula is C22H17F5N4O2S. The lowest BCUT2D eigenvalue weighted by Crippen LogP contribution is -2.40. The molecular weight excluding hydrogens is 479 g/mol. The Balaban J connectivity index is 1.71. The molecule has 0 spiro atoms. The number of alkyl halides is 5. The third-order valence-corrected chi connectivity index (χ3v) is 5.73. The van der Waals surface area contributed by atoms with E-state index < -0.39 is 18.6 Å². The molecule has 0 aliphatic heterocycles. The van der Waals surface area contributed by atoms with Crippen molar-refractivity contribution in [3.05, 3.63) is 66.4 Å². The van der Waals surface area contributed by atoms with Crippen molar-refractivity contribution in [3.8, 4) is 23.0 Å². The molecule has 0 aromatic carbocycles. The summed E-state index contributed by atoms with van der Waals surface area (Å²) in [7, 11) is 0. The standard InChI is InChI=1S/C22H17F5N4O2S/c1-2-34-18-10-15(33-19-5-3-4-7-28-19)12-31(32)20(18)16-9-14-6-8-30(17(14)11-29-16)13-21(23,24)22(25,26)27/h3-12H,2,13H2,1H3. The van der Waals surface area contributed by atoms with E-state index >= 15 is 0 Å². The average Bonchev–Trinajstić information content (AvgIpc) is 3.15. The monoisotopic (exact) mass is 496 g/mol. The van der Waals surface area contributed by atoms with Gasteiger partial charge in [0.1, 0.15) is 5.69 Å². The molecule has 4 aromatic heterocycles. The average molecular weight is 496 g/mol. The fraction of sp³-hybridized carbons (Fsp3) is 0.227. The molecule has 4 rings (SSSR count). The number of pyridine rings is 3. The van der Waals surface area contributed by atoms with E-state index in [1.807, 2.05) is 6.92 Å². The minimum Gasteiger partial charge on any atom is -0.618 e. The minimum absolute atomic E-state index is 0.0879. The van der Waals surface area contributed by atoms with Gasteiger partial charge in [-0.3, -0.25) is 0 Å². The van der Waals surface area contributed by atoms with Crippen molar-refractivity contribution in [2.75, 3.05) is 5.75 Å². The predicted molar refractivity (Wildman–Crippen MR) is 116 cm³/mol. The van der Waals surface area contributed by atoms with Gasteiger partial charge in [-0.05, 0) is 24.0 Å². The van der Waals surface area contributed by atoms with Crippen LogP contribution in [0.15, 0.2) is 66.1 Å². The molecule has 4 heterocycles. The number of nitrogens with zero attached hydrogens (tertiary/aromatic N) is 4. The van der Waals surface area contributed by atoms with Gasteiger partial charge in [-0.15, -0.1) is 11.8 Å². The molecule has 0 aliphatic rings. The molecule has 0 fully saturated rings. The maximum absolute atomic E-state index is 13.5. The molecule has 0 radical (unpaired) electrons. The van der Waals surface area contributed by atoms with Crippen molar-refractivity contribution in [1.82, 2.24) is 14.5 Å². The molecule has 0 saturated heterocycles. The Morgan fingerprint density at radius 2 is 1.91 bits per heavy atom. The zero-order valence-electron chi connectivity index (χ0n) is 17.6. The predicted octanol–water partition coefficient (Wildman–Crippen LogP) is 5.83. The van der Waals surface area contributed by atoms with Gasteiger partial charge in [0, 0.05) is 29.9 Å². The molecule has 12 heteroatoms. The SMILES string of the molecule is CCSc1cc(Oc2ccccn2)c[n+]([O-])c1-c1cc2ccn(CC(F)(F)C(F)(F)F)c2cn1. The van der Waals surface area contributed by atoms with Gasteiger partial charge < -0.3 is 14.5 Å². The smallest absolute Gasteiger partial charge is 0.455 e. The fourth-order valence-electron chi connectivity index (χ4n) is 3.27. The zero-order valence-corrected chi connectivity index (χ0v) is 18.4. The third kappa shape index (κ3) is 4.76. The number of thioether (sulfide) groups is 1. The Morgan fingerprint density at radius 1 is 1.12 bits per heavy atom. The Labute approximate surface area is 194 Å². The highest BCUT2D eigenvalue weighted by atomic mass is 32.2. The number of hydrogen-bond acceptors (Lipinski definition) is 5. The first-order valence-corrected chi connectivity index (χ1v) is 11.0. The van der Waals surface area contributed by atoms with Crippen LogP contribution in [0.4, 0.5) is 22.0 Å². The van der Waals surface area contributed by atoms with Gasteiger partial charge >= 0.3 is 12.1 Å². The van der Waals surface area contributed by atoms with E-state index in [0.717, 1.165) is 10.8 Å². The van der Waals surface area contributed by atoms with Gasteiger partial charge in [0.15, 0.2) is 5.75 Å². The molecule has 0 aliphatic carbocycles. The summed E-state index contributed by atoms with van der Waals surface area (Å²) in [5, 5.41) is 13.3. The summed E-state index contributed by atoms with van der Waals surface area (Å²) in [6.07, 6.45) is -0.601. The van der Waals surface area contributed by atoms with E-state index in [9.17, 15) is 27.2 Å². The van der Waals surface area contributed by atoms with E-state index in [4.69, 9.17) is 4.74 Å². The van der Waals surface area contributed by atoms with Crippen molar-refractivity contribution in [1.29, 1.82) is 0 Å². The number of hydrogen-bond donors (Lipinski definition) is 0. The Kier molecular flexibility index (Phi) is 6.34. The molecule has 0 unspecified atom stereocenters. The van der Waals surface area contributed by atoms with Gasteiger partial charge in [-0.25, -0.2) is 9.97 Å². The maximum atomic E-state index is 13.5. The van der Waals surface area contributed by atoms with Gasteiger partial charge in [0.25, 0.3) is 5.69 Å². The lowest BCUT2D eigenvalue weighted by Gasteiger charge is -2.20. The lowest BCUT2D eigenvalue weighted by molar-refractivity contribution is -0.596. The summed E-state index contributed by atoms with van der Waals surface area (Å²) >= 11 is 1.37. The molecule has 0 bridgehead atoms. The van der Waals surface area contributed by atoms with Crippen LogP contribution in [0.25, 0.3) is 22.3 Å². The van der Waals surface area contributed by atoms with Gasteiger partial charge in [-0.2, -0.15) is 26.7 Å². The van der Waals surface area contributed by atoms with E-state index in [1.54, 1.807) is 30.5 Å². The van der Waals surface area contributed by atoms with E-state index in [0.29, 0.717) is 26.6 Å². The van der Waals surface area contributed by atoms with Crippen LogP contribution < -0.4 is 9.47 Å². The largest absolute Gasteiger partial charge is 0.618 e. The second-order valence-corrected chi connectivity index (χ2v) is 8.50. The first-order valence-electron chi connectivity index (χ1n) is 9.98. The van der Waals surface area contributed by atoms with Crippen LogP contribution in [0.1, 0.15) is 6.92 Å². The molecule has 34 heavy (non-hydrogen) atoms. The highest BCUT2D eigenvalue weighted by molar-refractivity contribution is 7.99. The van der Waals surface area contributed by atoms with Gasteiger partial charge in [0.05, 0.1) is 23.2 Å². The molecule has 0 amide bonds. The zero-order chi connectivity index (χ0) is 24.5. The number of rotatable bonds is 7. The molecule has 4 aromatic rings. The maximum Gasteiger partial charge on any atom is 0.455 e. The van der Waals surface area contributed by atoms with Gasteiger partial charge in [-0.1, -0.05) is 13.0 Å². The lowest BCUT2D eigenvalue weighted by atomic mass is 10.2. The summed E-state index contributed by atoms with van der Waals surface area (Å²) in [4.78, 5) is 8.80. The molecule has 0 saturated carbocycles. The van der Waals surface area contributed by atoms with Crippen LogP contribution in [0.2, 0.25) is 0 Å². The highest BCUT2D eigenvalue weighted by Gasteiger charge is 2.57. The van der Waals surface area contributed by atoms with E-state index in [1.165, 1.54) is 36.3 Å². The second-order valence-electron chi connectivity index (χ2n) is 7.19. The summed E-state index contributed by atoms with van der Waals surface area (Å²) in [5.74, 6) is -3.70. The van der Waals surface area contributed by atoms with Crippen LogP contribution >= 0.6 is 11.8 Å². The minimum atomic E-state index is -5.67. The number of aromatic nitrogens is 4. The molecule has 6 nitrogen and oxygen atoms in total. The van der Waals surface area contributed by atoms with Crippen LogP contribution in [0.5, 0.6) is 11.6 Å². The van der Waals surface area contributed by atoms with Crippen molar-refractivity contribution < 1.29 is 31.4 Å². The van der Waals surface area contributed by atoms with Gasteiger partial charge in [0.2, 0.25) is 12.1 Å². The molecule has 178 valence electrons. The van der Waals surface area contributed by atoms with Crippen molar-refractivity contribution in [2.24, 2.45) is 0 Å². The topological polar surface area (TPSA) is 66.9 Å².